The van der Waals surface area contributed by atoms with E-state index >= 15 is 0 Å². The van der Waals surface area contributed by atoms with Crippen molar-refractivity contribution in [2.75, 3.05) is 26.4 Å². The first kappa shape index (κ1) is 23.7. The van der Waals surface area contributed by atoms with Gasteiger partial charge in [0.15, 0.2) is 0 Å². The molecule has 0 saturated heterocycles. The molecule has 2 aromatic rings. The topological polar surface area (TPSA) is 131 Å². The summed E-state index contributed by atoms with van der Waals surface area (Å²) in [6.45, 7) is 2.30. The Morgan fingerprint density at radius 3 is 2.06 bits per heavy atom. The summed E-state index contributed by atoms with van der Waals surface area (Å²) in [6.07, 6.45) is -0.779. The number of ether oxygens (including phenoxy) is 2. The number of esters is 1. The van der Waals surface area contributed by atoms with E-state index in [0.29, 0.717) is 0 Å². The van der Waals surface area contributed by atoms with Crippen LogP contribution < -0.4 is 11.1 Å². The molecule has 1 aliphatic rings. The first-order valence-electron chi connectivity index (χ1n) is 10.5. The van der Waals surface area contributed by atoms with Gasteiger partial charge in [0.2, 0.25) is 0 Å². The lowest BCUT2D eigenvalue weighted by Gasteiger charge is -2.26. The predicted octanol–water partition coefficient (Wildman–Crippen LogP) is 1.78. The molecule has 1 amide bonds. The third-order valence-electron chi connectivity index (χ3n) is 5.72. The summed E-state index contributed by atoms with van der Waals surface area (Å²) in [5, 5.41) is 21.2. The Morgan fingerprint density at radius 1 is 1.03 bits per heavy atom. The first-order valence-corrected chi connectivity index (χ1v) is 10.5. The van der Waals surface area contributed by atoms with Crippen LogP contribution in [0.3, 0.4) is 0 Å². The van der Waals surface area contributed by atoms with Crippen LogP contribution >= 0.6 is 0 Å². The molecule has 5 N–H and O–H groups in total. The second-order valence-corrected chi connectivity index (χ2v) is 8.54. The molecule has 0 unspecified atom stereocenters. The van der Waals surface area contributed by atoms with Crippen molar-refractivity contribution in [3.63, 3.8) is 0 Å². The van der Waals surface area contributed by atoms with E-state index in [4.69, 9.17) is 15.2 Å². The third-order valence-corrected chi connectivity index (χ3v) is 5.72. The molecule has 3 rings (SSSR count). The maximum absolute atomic E-state index is 12.5. The largest absolute Gasteiger partial charge is 0.463 e. The number of aliphatic hydroxyl groups excluding tert-OH is 2. The highest BCUT2D eigenvalue weighted by Crippen LogP contribution is 2.44. The molecule has 1 aliphatic carbocycles. The lowest BCUT2D eigenvalue weighted by molar-refractivity contribution is -0.151. The SMILES string of the molecule is C[C@H](N)[C@H](NC(=O)OCC1c2ccccc2-c2ccccc21)C(=O)OCC(C)(CO)CO. The van der Waals surface area contributed by atoms with Gasteiger partial charge in [0.25, 0.3) is 0 Å². The normalized spacial score (nSPS) is 14.8. The molecule has 0 aromatic heterocycles. The van der Waals surface area contributed by atoms with Crippen molar-refractivity contribution < 1.29 is 29.3 Å². The number of carbonyl (C=O) groups excluding carboxylic acids is 2. The van der Waals surface area contributed by atoms with Crippen molar-refractivity contribution in [2.45, 2.75) is 31.8 Å². The Hall–Kier alpha value is -2.94. The lowest BCUT2D eigenvalue weighted by atomic mass is 9.94. The summed E-state index contributed by atoms with van der Waals surface area (Å²) in [5.41, 5.74) is 9.27. The van der Waals surface area contributed by atoms with E-state index in [-0.39, 0.29) is 32.3 Å². The molecule has 172 valence electrons. The number of aliphatic hydroxyl groups is 2. The summed E-state index contributed by atoms with van der Waals surface area (Å²) in [4.78, 5) is 24.9. The van der Waals surface area contributed by atoms with E-state index in [2.05, 4.69) is 5.32 Å². The molecule has 0 heterocycles. The van der Waals surface area contributed by atoms with Gasteiger partial charge >= 0.3 is 12.1 Å². The van der Waals surface area contributed by atoms with Crippen LogP contribution in [0.25, 0.3) is 11.1 Å². The zero-order valence-electron chi connectivity index (χ0n) is 18.3. The Bertz CT molecular complexity index is 912. The summed E-state index contributed by atoms with van der Waals surface area (Å²) < 4.78 is 10.6. The van der Waals surface area contributed by atoms with E-state index in [1.807, 2.05) is 48.5 Å². The van der Waals surface area contributed by atoms with Crippen LogP contribution in [-0.4, -0.2) is 60.8 Å². The number of fused-ring (bicyclic) bond motifs is 3. The number of nitrogens with one attached hydrogen (secondary N) is 1. The van der Waals surface area contributed by atoms with Gasteiger partial charge in [0.05, 0.1) is 13.2 Å². The fraction of sp³-hybridized carbons (Fsp3) is 0.417. The lowest BCUT2D eigenvalue weighted by Crippen LogP contribution is -2.52. The number of nitrogens with two attached hydrogens (primary N) is 1. The quantitative estimate of drug-likeness (QED) is 0.435. The maximum Gasteiger partial charge on any atom is 0.407 e. The molecule has 2 atom stereocenters. The molecular weight excluding hydrogens is 412 g/mol. The van der Waals surface area contributed by atoms with Crippen molar-refractivity contribution in [1.82, 2.24) is 5.32 Å². The second-order valence-electron chi connectivity index (χ2n) is 8.54. The monoisotopic (exact) mass is 442 g/mol. The number of benzene rings is 2. The van der Waals surface area contributed by atoms with Gasteiger partial charge in [0.1, 0.15) is 19.3 Å². The van der Waals surface area contributed by atoms with Gasteiger partial charge in [-0.3, -0.25) is 0 Å². The third kappa shape index (κ3) is 5.09. The van der Waals surface area contributed by atoms with Crippen molar-refractivity contribution in [3.8, 4) is 11.1 Å². The number of alkyl carbamates (subject to hydrolysis) is 1. The van der Waals surface area contributed by atoms with E-state index in [1.165, 1.54) is 0 Å². The molecule has 0 spiro atoms. The highest BCUT2D eigenvalue weighted by atomic mass is 16.6. The Labute approximate surface area is 187 Å². The average molecular weight is 443 g/mol. The molecular formula is C24H30N2O6. The van der Waals surface area contributed by atoms with Gasteiger partial charge < -0.3 is 30.7 Å². The van der Waals surface area contributed by atoms with E-state index in [0.717, 1.165) is 22.3 Å². The van der Waals surface area contributed by atoms with Crippen molar-refractivity contribution in [2.24, 2.45) is 11.1 Å². The standard InChI is InChI=1S/C24H30N2O6/c1-15(25)21(22(29)32-14-24(2,12-27)13-28)26-23(30)31-11-20-18-9-5-3-7-16(18)17-8-4-6-10-19(17)20/h3-10,15,20-21,27-28H,11-14,25H2,1-2H3,(H,26,30)/t15-,21-/m0/s1. The van der Waals surface area contributed by atoms with Gasteiger partial charge in [-0.2, -0.15) is 0 Å². The van der Waals surface area contributed by atoms with Crippen LogP contribution in [0.15, 0.2) is 48.5 Å². The van der Waals surface area contributed by atoms with Crippen LogP contribution in [-0.2, 0) is 14.3 Å². The molecule has 8 nitrogen and oxygen atoms in total. The highest BCUT2D eigenvalue weighted by Gasteiger charge is 2.32. The zero-order chi connectivity index (χ0) is 23.3. The summed E-state index contributed by atoms with van der Waals surface area (Å²) in [6, 6.07) is 14.1. The predicted molar refractivity (Wildman–Crippen MR) is 119 cm³/mol. The maximum atomic E-state index is 12.5. The number of carbonyl (C=O) groups is 2. The Balaban J connectivity index is 1.62. The van der Waals surface area contributed by atoms with Gasteiger partial charge in [-0.05, 0) is 29.2 Å². The molecule has 0 fully saturated rings. The number of rotatable bonds is 9. The van der Waals surface area contributed by atoms with Crippen LogP contribution in [0, 0.1) is 5.41 Å². The van der Waals surface area contributed by atoms with E-state index in [1.54, 1.807) is 13.8 Å². The van der Waals surface area contributed by atoms with Crippen LogP contribution in [0.4, 0.5) is 4.79 Å². The minimum absolute atomic E-state index is 0.105. The zero-order valence-corrected chi connectivity index (χ0v) is 18.3. The van der Waals surface area contributed by atoms with E-state index < -0.39 is 29.6 Å². The molecule has 0 aliphatic heterocycles. The van der Waals surface area contributed by atoms with Gasteiger partial charge in [-0.25, -0.2) is 9.59 Å². The number of amides is 1. The smallest absolute Gasteiger partial charge is 0.407 e. The fourth-order valence-corrected chi connectivity index (χ4v) is 3.65. The molecule has 32 heavy (non-hydrogen) atoms. The Kier molecular flexibility index (Phi) is 7.50. The molecule has 0 saturated carbocycles. The summed E-state index contributed by atoms with van der Waals surface area (Å²) in [5.74, 6) is -0.870. The van der Waals surface area contributed by atoms with Gasteiger partial charge in [-0.1, -0.05) is 55.5 Å². The Morgan fingerprint density at radius 2 is 1.56 bits per heavy atom. The molecule has 8 heteroatoms. The number of hydrogen-bond donors (Lipinski definition) is 4. The molecule has 0 radical (unpaired) electrons. The molecule has 0 bridgehead atoms. The van der Waals surface area contributed by atoms with Crippen LogP contribution in [0.2, 0.25) is 0 Å². The van der Waals surface area contributed by atoms with Crippen molar-refractivity contribution in [3.05, 3.63) is 59.7 Å². The minimum atomic E-state index is -1.13. The van der Waals surface area contributed by atoms with E-state index in [9.17, 15) is 19.8 Å². The summed E-state index contributed by atoms with van der Waals surface area (Å²) in [7, 11) is 0. The highest BCUT2D eigenvalue weighted by molar-refractivity contribution is 5.82. The van der Waals surface area contributed by atoms with Crippen molar-refractivity contribution in [1.29, 1.82) is 0 Å². The van der Waals surface area contributed by atoms with Gasteiger partial charge in [-0.15, -0.1) is 0 Å². The van der Waals surface area contributed by atoms with Gasteiger partial charge in [0, 0.05) is 17.4 Å². The second kappa shape index (κ2) is 10.1. The molecule has 2 aromatic carbocycles. The number of hydrogen-bond acceptors (Lipinski definition) is 7. The average Bonchev–Trinajstić information content (AvgIpc) is 3.13. The fourth-order valence-electron chi connectivity index (χ4n) is 3.65. The van der Waals surface area contributed by atoms with Crippen LogP contribution in [0.5, 0.6) is 0 Å². The summed E-state index contributed by atoms with van der Waals surface area (Å²) >= 11 is 0. The first-order chi connectivity index (χ1) is 15.3. The van der Waals surface area contributed by atoms with Crippen LogP contribution in [0.1, 0.15) is 30.9 Å². The minimum Gasteiger partial charge on any atom is -0.463 e. The van der Waals surface area contributed by atoms with Crippen molar-refractivity contribution >= 4 is 12.1 Å².